The first-order valence-electron chi connectivity index (χ1n) is 12.2. The fourth-order valence-corrected chi connectivity index (χ4v) is 4.55. The Morgan fingerprint density at radius 1 is 0.789 bits per heavy atom. The Hall–Kier alpha value is -3.46. The summed E-state index contributed by atoms with van der Waals surface area (Å²) in [5, 5.41) is 9.49. The highest BCUT2D eigenvalue weighted by atomic mass is 19.2. The van der Waals surface area contributed by atoms with E-state index in [-0.39, 0.29) is 41.8 Å². The average Bonchev–Trinajstić information content (AvgIpc) is 2.90. The smallest absolute Gasteiger partial charge is 0.201 e. The number of benzene rings is 3. The van der Waals surface area contributed by atoms with Crippen LogP contribution in [-0.4, -0.2) is 18.3 Å². The summed E-state index contributed by atoms with van der Waals surface area (Å²) >= 11 is 0. The van der Waals surface area contributed by atoms with Gasteiger partial charge in [0.25, 0.3) is 0 Å². The lowest BCUT2D eigenvalue weighted by molar-refractivity contribution is 0.192. The van der Waals surface area contributed by atoms with E-state index in [4.69, 9.17) is 9.47 Å². The van der Waals surface area contributed by atoms with Crippen LogP contribution in [-0.2, 0) is 0 Å². The molecule has 202 valence electrons. The largest absolute Gasteiger partial charge is 0.491 e. The van der Waals surface area contributed by atoms with Crippen molar-refractivity contribution in [3.8, 4) is 22.6 Å². The Balaban J connectivity index is 1.47. The number of hydrogen-bond acceptors (Lipinski definition) is 3. The van der Waals surface area contributed by atoms with Crippen molar-refractivity contribution in [3.05, 3.63) is 94.1 Å². The monoisotopic (exact) mass is 536 g/mol. The molecule has 1 N–H and O–H groups in total. The minimum atomic E-state index is -1.33. The number of rotatable bonds is 8. The Labute approximate surface area is 216 Å². The van der Waals surface area contributed by atoms with Crippen LogP contribution in [0.4, 0.5) is 26.3 Å². The summed E-state index contributed by atoms with van der Waals surface area (Å²) in [4.78, 5) is 0. The van der Waals surface area contributed by atoms with Gasteiger partial charge in [-0.05, 0) is 74.4 Å². The van der Waals surface area contributed by atoms with E-state index in [9.17, 15) is 27.1 Å². The summed E-state index contributed by atoms with van der Waals surface area (Å²) in [6, 6.07) is 7.39. The minimum absolute atomic E-state index is 0.0184. The summed E-state index contributed by atoms with van der Waals surface area (Å²) in [6.07, 6.45) is 1.84. The number of hydrogen-bond donors (Lipinski definition) is 1. The van der Waals surface area contributed by atoms with Gasteiger partial charge in [-0.1, -0.05) is 18.2 Å². The normalized spacial score (nSPS) is 16.2. The Morgan fingerprint density at radius 2 is 1.39 bits per heavy atom. The van der Waals surface area contributed by atoms with E-state index in [2.05, 4.69) is 0 Å². The maximum absolute atomic E-state index is 15.0. The first-order chi connectivity index (χ1) is 18.1. The third kappa shape index (κ3) is 5.38. The van der Waals surface area contributed by atoms with E-state index < -0.39 is 52.1 Å². The Kier molecular flexibility index (Phi) is 8.35. The predicted molar refractivity (Wildman–Crippen MR) is 130 cm³/mol. The highest BCUT2D eigenvalue weighted by Gasteiger charge is 2.26. The standard InChI is InChI=1S/C29H26F6O3/c1-3-37-22-13-11-21(27(33)28(22)34)20-9-8-19(25(31)26(20)32)17-6-4-16(5-7-17)14-38-23-12-10-18(15(2)36)24(30)29(23)35/h4,8-13,15,17,36H,3,5-7,14H2,1-2H3. The van der Waals surface area contributed by atoms with Gasteiger partial charge >= 0.3 is 0 Å². The highest BCUT2D eigenvalue weighted by Crippen LogP contribution is 2.38. The number of allylic oxidation sites excluding steroid dienone is 1. The zero-order valence-corrected chi connectivity index (χ0v) is 20.8. The lowest BCUT2D eigenvalue weighted by Gasteiger charge is -2.23. The summed E-state index contributed by atoms with van der Waals surface area (Å²) in [6.45, 7) is 3.02. The number of aliphatic hydroxyl groups excluding tert-OH is 1. The van der Waals surface area contributed by atoms with E-state index in [1.165, 1.54) is 37.3 Å². The quantitative estimate of drug-likeness (QED) is 0.235. The fraction of sp³-hybridized carbons (Fsp3) is 0.310. The van der Waals surface area contributed by atoms with Crippen LogP contribution in [0.1, 0.15) is 56.3 Å². The van der Waals surface area contributed by atoms with Gasteiger partial charge in [-0.15, -0.1) is 0 Å². The van der Waals surface area contributed by atoms with Gasteiger partial charge in [0.1, 0.15) is 6.61 Å². The van der Waals surface area contributed by atoms with Crippen LogP contribution in [0.15, 0.2) is 48.0 Å². The van der Waals surface area contributed by atoms with Crippen molar-refractivity contribution in [1.29, 1.82) is 0 Å². The summed E-state index contributed by atoms with van der Waals surface area (Å²) in [7, 11) is 0. The van der Waals surface area contributed by atoms with E-state index >= 15 is 4.39 Å². The van der Waals surface area contributed by atoms with E-state index in [1.807, 2.05) is 0 Å². The first-order valence-corrected chi connectivity index (χ1v) is 12.2. The third-order valence-electron chi connectivity index (χ3n) is 6.63. The van der Waals surface area contributed by atoms with Crippen molar-refractivity contribution in [2.45, 2.75) is 45.1 Å². The molecule has 3 nitrogen and oxygen atoms in total. The maximum atomic E-state index is 15.0. The lowest BCUT2D eigenvalue weighted by Crippen LogP contribution is -2.12. The van der Waals surface area contributed by atoms with Gasteiger partial charge < -0.3 is 14.6 Å². The van der Waals surface area contributed by atoms with Crippen molar-refractivity contribution in [1.82, 2.24) is 0 Å². The summed E-state index contributed by atoms with van der Waals surface area (Å²) in [5.74, 6) is -8.37. The Bertz CT molecular complexity index is 1370. The van der Waals surface area contributed by atoms with Gasteiger partial charge in [0.05, 0.1) is 12.7 Å². The van der Waals surface area contributed by atoms with Crippen LogP contribution in [0.2, 0.25) is 0 Å². The molecule has 3 aromatic carbocycles. The molecule has 0 aliphatic heterocycles. The molecule has 38 heavy (non-hydrogen) atoms. The van der Waals surface area contributed by atoms with E-state index in [1.54, 1.807) is 13.0 Å². The molecule has 0 bridgehead atoms. The van der Waals surface area contributed by atoms with E-state index in [0.717, 1.165) is 11.6 Å². The molecule has 0 amide bonds. The van der Waals surface area contributed by atoms with Crippen LogP contribution in [0.3, 0.4) is 0 Å². The first kappa shape index (κ1) is 27.6. The molecule has 2 unspecified atom stereocenters. The van der Waals surface area contributed by atoms with Crippen molar-refractivity contribution < 1.29 is 40.9 Å². The Morgan fingerprint density at radius 3 is 2.03 bits per heavy atom. The molecule has 9 heteroatoms. The van der Waals surface area contributed by atoms with Crippen molar-refractivity contribution in [2.24, 2.45) is 0 Å². The second-order valence-electron chi connectivity index (χ2n) is 9.08. The maximum Gasteiger partial charge on any atom is 0.201 e. The van der Waals surface area contributed by atoms with Crippen LogP contribution in [0, 0.1) is 34.9 Å². The van der Waals surface area contributed by atoms with Gasteiger partial charge in [-0.2, -0.15) is 8.78 Å². The molecular weight excluding hydrogens is 510 g/mol. The average molecular weight is 537 g/mol. The number of aliphatic hydroxyl groups is 1. The molecule has 1 aliphatic rings. The molecule has 0 heterocycles. The van der Waals surface area contributed by atoms with Gasteiger partial charge in [-0.25, -0.2) is 17.6 Å². The van der Waals surface area contributed by atoms with Crippen LogP contribution >= 0.6 is 0 Å². The van der Waals surface area contributed by atoms with Crippen molar-refractivity contribution >= 4 is 0 Å². The zero-order valence-electron chi connectivity index (χ0n) is 20.8. The van der Waals surface area contributed by atoms with Gasteiger partial charge in [-0.3, -0.25) is 0 Å². The van der Waals surface area contributed by atoms with Gasteiger partial charge in [0, 0.05) is 16.7 Å². The number of halogens is 6. The number of ether oxygens (including phenoxy) is 2. The second-order valence-corrected chi connectivity index (χ2v) is 9.08. The van der Waals surface area contributed by atoms with Crippen LogP contribution < -0.4 is 9.47 Å². The van der Waals surface area contributed by atoms with Gasteiger partial charge in [0.2, 0.25) is 11.6 Å². The fourth-order valence-electron chi connectivity index (χ4n) is 4.55. The third-order valence-corrected chi connectivity index (χ3v) is 6.63. The summed E-state index contributed by atoms with van der Waals surface area (Å²) < 4.78 is 97.6. The minimum Gasteiger partial charge on any atom is -0.491 e. The second kappa shape index (κ2) is 11.5. The molecule has 0 saturated heterocycles. The lowest BCUT2D eigenvalue weighted by atomic mass is 9.83. The van der Waals surface area contributed by atoms with Crippen LogP contribution in [0.5, 0.6) is 11.5 Å². The molecule has 2 atom stereocenters. The molecule has 0 fully saturated rings. The zero-order chi connectivity index (χ0) is 27.6. The molecule has 0 saturated carbocycles. The van der Waals surface area contributed by atoms with Gasteiger partial charge in [0.15, 0.2) is 34.8 Å². The molecule has 0 spiro atoms. The molecule has 0 radical (unpaired) electrons. The molecule has 4 rings (SSSR count). The highest BCUT2D eigenvalue weighted by molar-refractivity contribution is 5.67. The van der Waals surface area contributed by atoms with Crippen molar-refractivity contribution in [2.75, 3.05) is 13.2 Å². The van der Waals surface area contributed by atoms with E-state index in [0.29, 0.717) is 19.3 Å². The molecule has 0 aromatic heterocycles. The van der Waals surface area contributed by atoms with Crippen LogP contribution in [0.25, 0.3) is 11.1 Å². The molecule has 3 aromatic rings. The van der Waals surface area contributed by atoms with Crippen molar-refractivity contribution in [3.63, 3.8) is 0 Å². The topological polar surface area (TPSA) is 38.7 Å². The molecular formula is C29H26F6O3. The molecule has 1 aliphatic carbocycles. The summed E-state index contributed by atoms with van der Waals surface area (Å²) in [5.41, 5.74) is -0.101. The SMILES string of the molecule is CCOc1ccc(-c2ccc(C3CC=C(COc4ccc(C(C)O)c(F)c4F)CC3)c(F)c2F)c(F)c1F. The predicted octanol–water partition coefficient (Wildman–Crippen LogP) is 7.91.